The maximum absolute atomic E-state index is 12.5. The highest BCUT2D eigenvalue weighted by Crippen LogP contribution is 2.36. The van der Waals surface area contributed by atoms with E-state index in [1.54, 1.807) is 12.1 Å². The lowest BCUT2D eigenvalue weighted by atomic mass is 9.96. The largest absolute Gasteiger partial charge is 0.492 e. The third kappa shape index (κ3) is 5.67. The van der Waals surface area contributed by atoms with Crippen LogP contribution in [0.2, 0.25) is 0 Å². The minimum absolute atomic E-state index is 0.0636. The molecule has 3 aromatic rings. The average molecular weight is 472 g/mol. The van der Waals surface area contributed by atoms with Gasteiger partial charge in [0.25, 0.3) is 0 Å². The van der Waals surface area contributed by atoms with E-state index in [-0.39, 0.29) is 29.3 Å². The molecular weight excluding hydrogens is 446 g/mol. The highest BCUT2D eigenvalue weighted by atomic mass is 32.2. The Hall–Kier alpha value is -4.01. The van der Waals surface area contributed by atoms with Crippen LogP contribution in [0.1, 0.15) is 37.0 Å². The SMILES string of the molecule is CCOc1ccccc1NC(=O)CCSc1nc(N)c(C#N)c(-c2ccc(CC)cc2)c1C#N. The van der Waals surface area contributed by atoms with Gasteiger partial charge in [0.1, 0.15) is 34.3 Å². The van der Waals surface area contributed by atoms with E-state index < -0.39 is 0 Å². The van der Waals surface area contributed by atoms with Crippen molar-refractivity contribution in [1.29, 1.82) is 10.5 Å². The van der Waals surface area contributed by atoms with E-state index in [1.807, 2.05) is 43.3 Å². The van der Waals surface area contributed by atoms with Crippen molar-refractivity contribution in [3.63, 3.8) is 0 Å². The number of rotatable bonds is 9. The molecular formula is C26H25N5O2S. The standard InChI is InChI=1S/C26H25N5O2S/c1-3-17-9-11-18(12-10-17)24-19(15-27)25(29)31-26(20(24)16-28)34-14-13-23(32)30-21-7-5-6-8-22(21)33-4-2/h5-12H,3-4,13-14H2,1-2H3,(H2,29,31)(H,30,32). The molecule has 2 aromatic carbocycles. The average Bonchev–Trinajstić information content (AvgIpc) is 2.85. The summed E-state index contributed by atoms with van der Waals surface area (Å²) >= 11 is 1.26. The molecule has 0 atom stereocenters. The molecule has 0 fully saturated rings. The van der Waals surface area contributed by atoms with E-state index in [2.05, 4.69) is 29.4 Å². The van der Waals surface area contributed by atoms with Gasteiger partial charge in [-0.15, -0.1) is 11.8 Å². The topological polar surface area (TPSA) is 125 Å². The van der Waals surface area contributed by atoms with Crippen molar-refractivity contribution >= 4 is 29.2 Å². The summed E-state index contributed by atoms with van der Waals surface area (Å²) < 4.78 is 5.54. The maximum atomic E-state index is 12.5. The molecule has 1 amide bonds. The van der Waals surface area contributed by atoms with Gasteiger partial charge in [-0.1, -0.05) is 43.3 Å². The Morgan fingerprint density at radius 1 is 1.09 bits per heavy atom. The highest BCUT2D eigenvalue weighted by Gasteiger charge is 2.20. The Bertz CT molecular complexity index is 1260. The Morgan fingerprint density at radius 2 is 1.79 bits per heavy atom. The van der Waals surface area contributed by atoms with Crippen LogP contribution in [-0.2, 0) is 11.2 Å². The van der Waals surface area contributed by atoms with Crippen molar-refractivity contribution in [2.45, 2.75) is 31.7 Å². The van der Waals surface area contributed by atoms with Gasteiger partial charge in [0.2, 0.25) is 5.91 Å². The van der Waals surface area contributed by atoms with Crippen LogP contribution in [0.5, 0.6) is 5.75 Å². The molecule has 1 heterocycles. The normalized spacial score (nSPS) is 10.2. The number of nitrogens with one attached hydrogen (secondary N) is 1. The third-order valence-corrected chi connectivity index (χ3v) is 6.07. The minimum Gasteiger partial charge on any atom is -0.492 e. The zero-order chi connectivity index (χ0) is 24.5. The quantitative estimate of drug-likeness (QED) is 0.413. The lowest BCUT2D eigenvalue weighted by Gasteiger charge is -2.14. The number of para-hydroxylation sites is 2. The van der Waals surface area contributed by atoms with Crippen molar-refractivity contribution in [2.24, 2.45) is 0 Å². The summed E-state index contributed by atoms with van der Waals surface area (Å²) in [5.74, 6) is 0.867. The number of carbonyl (C=O) groups is 1. The zero-order valence-electron chi connectivity index (χ0n) is 19.1. The number of pyridine rings is 1. The van der Waals surface area contributed by atoms with Crippen LogP contribution in [0.4, 0.5) is 11.5 Å². The fourth-order valence-corrected chi connectivity index (χ4v) is 4.34. The summed E-state index contributed by atoms with van der Waals surface area (Å²) in [5.41, 5.74) is 9.49. The van der Waals surface area contributed by atoms with Gasteiger partial charge < -0.3 is 15.8 Å². The van der Waals surface area contributed by atoms with Crippen LogP contribution < -0.4 is 15.8 Å². The van der Waals surface area contributed by atoms with Crippen molar-refractivity contribution < 1.29 is 9.53 Å². The number of hydrogen-bond acceptors (Lipinski definition) is 7. The minimum atomic E-state index is -0.185. The molecule has 3 rings (SSSR count). The number of nitrogens with two attached hydrogens (primary N) is 1. The molecule has 7 nitrogen and oxygen atoms in total. The Morgan fingerprint density at radius 3 is 2.44 bits per heavy atom. The molecule has 0 aliphatic heterocycles. The maximum Gasteiger partial charge on any atom is 0.225 e. The Kier molecular flexibility index (Phi) is 8.50. The number of thioether (sulfide) groups is 1. The van der Waals surface area contributed by atoms with Crippen LogP contribution in [0.3, 0.4) is 0 Å². The highest BCUT2D eigenvalue weighted by molar-refractivity contribution is 7.99. The molecule has 0 radical (unpaired) electrons. The number of benzene rings is 2. The number of hydrogen-bond donors (Lipinski definition) is 2. The van der Waals surface area contributed by atoms with Crippen molar-refractivity contribution in [3.8, 4) is 29.0 Å². The number of ether oxygens (including phenoxy) is 1. The third-order valence-electron chi connectivity index (χ3n) is 5.10. The molecule has 34 heavy (non-hydrogen) atoms. The van der Waals surface area contributed by atoms with Crippen molar-refractivity contribution in [1.82, 2.24) is 4.98 Å². The van der Waals surface area contributed by atoms with Crippen molar-refractivity contribution in [3.05, 3.63) is 65.2 Å². The fourth-order valence-electron chi connectivity index (χ4n) is 3.40. The molecule has 0 aliphatic carbocycles. The number of amides is 1. The number of aromatic nitrogens is 1. The number of anilines is 2. The second-order valence-electron chi connectivity index (χ2n) is 7.28. The van der Waals surface area contributed by atoms with E-state index in [0.29, 0.717) is 34.4 Å². The molecule has 3 N–H and O–H groups in total. The summed E-state index contributed by atoms with van der Waals surface area (Å²) in [5, 5.41) is 22.8. The number of aryl methyl sites for hydroxylation is 1. The van der Waals surface area contributed by atoms with E-state index in [0.717, 1.165) is 17.5 Å². The first kappa shape index (κ1) is 24.6. The van der Waals surface area contributed by atoms with Gasteiger partial charge in [-0.05, 0) is 36.6 Å². The summed E-state index contributed by atoms with van der Waals surface area (Å²) in [7, 11) is 0. The van der Waals surface area contributed by atoms with E-state index in [4.69, 9.17) is 10.5 Å². The zero-order valence-corrected chi connectivity index (χ0v) is 19.9. The molecule has 8 heteroatoms. The monoisotopic (exact) mass is 471 g/mol. The Balaban J connectivity index is 1.80. The molecule has 1 aromatic heterocycles. The number of nitriles is 2. The van der Waals surface area contributed by atoms with E-state index in [1.165, 1.54) is 11.8 Å². The van der Waals surface area contributed by atoms with Gasteiger partial charge in [0.05, 0.1) is 17.9 Å². The predicted octanol–water partition coefficient (Wildman–Crippen LogP) is 5.16. The molecule has 0 saturated heterocycles. The summed E-state index contributed by atoms with van der Waals surface area (Å²) in [6.07, 6.45) is 1.07. The first-order valence-corrected chi connectivity index (χ1v) is 11.9. The van der Waals surface area contributed by atoms with Crippen LogP contribution in [0.15, 0.2) is 53.6 Å². The van der Waals surface area contributed by atoms with Gasteiger partial charge in [-0.3, -0.25) is 4.79 Å². The lowest BCUT2D eigenvalue weighted by molar-refractivity contribution is -0.115. The van der Waals surface area contributed by atoms with Gasteiger partial charge in [-0.2, -0.15) is 10.5 Å². The van der Waals surface area contributed by atoms with Crippen LogP contribution in [0.25, 0.3) is 11.1 Å². The van der Waals surface area contributed by atoms with Gasteiger partial charge >= 0.3 is 0 Å². The molecule has 172 valence electrons. The summed E-state index contributed by atoms with van der Waals surface area (Å²) in [6, 6.07) is 19.2. The first-order chi connectivity index (χ1) is 16.5. The van der Waals surface area contributed by atoms with Gasteiger partial charge in [0.15, 0.2) is 0 Å². The number of nitrogens with zero attached hydrogens (tertiary/aromatic N) is 3. The summed E-state index contributed by atoms with van der Waals surface area (Å²) in [6.45, 7) is 4.43. The van der Waals surface area contributed by atoms with Crippen LogP contribution in [0, 0.1) is 22.7 Å². The van der Waals surface area contributed by atoms with Crippen LogP contribution in [-0.4, -0.2) is 23.3 Å². The second-order valence-corrected chi connectivity index (χ2v) is 8.36. The number of carbonyl (C=O) groups excluding carboxylic acids is 1. The molecule has 0 unspecified atom stereocenters. The molecule has 0 bridgehead atoms. The summed E-state index contributed by atoms with van der Waals surface area (Å²) in [4.78, 5) is 16.8. The van der Waals surface area contributed by atoms with Gasteiger partial charge in [0, 0.05) is 17.7 Å². The van der Waals surface area contributed by atoms with Crippen LogP contribution >= 0.6 is 11.8 Å². The van der Waals surface area contributed by atoms with Crippen molar-refractivity contribution in [2.75, 3.05) is 23.4 Å². The first-order valence-electron chi connectivity index (χ1n) is 10.9. The van der Waals surface area contributed by atoms with E-state index in [9.17, 15) is 15.3 Å². The molecule has 0 aliphatic rings. The number of nitrogen functional groups attached to an aromatic ring is 1. The van der Waals surface area contributed by atoms with E-state index >= 15 is 0 Å². The molecule has 0 saturated carbocycles. The second kappa shape index (κ2) is 11.7. The van der Waals surface area contributed by atoms with Gasteiger partial charge in [-0.25, -0.2) is 4.98 Å². The fraction of sp³-hybridized carbons (Fsp3) is 0.231. The predicted molar refractivity (Wildman–Crippen MR) is 134 cm³/mol. The smallest absolute Gasteiger partial charge is 0.225 e. The Labute approximate surface area is 203 Å². The molecule has 0 spiro atoms. The lowest BCUT2D eigenvalue weighted by Crippen LogP contribution is -2.13.